The van der Waals surface area contributed by atoms with E-state index in [0.717, 1.165) is 31.6 Å². The third-order valence-electron chi connectivity index (χ3n) is 4.93. The van der Waals surface area contributed by atoms with Crippen molar-refractivity contribution in [3.8, 4) is 0 Å². The van der Waals surface area contributed by atoms with Crippen LogP contribution in [0.15, 0.2) is 0 Å². The number of ether oxygens (including phenoxy) is 1. The van der Waals surface area contributed by atoms with Gasteiger partial charge in [0.25, 0.3) is 0 Å². The van der Waals surface area contributed by atoms with Crippen LogP contribution in [0.4, 0.5) is 0 Å². The van der Waals surface area contributed by atoms with Gasteiger partial charge in [0.15, 0.2) is 0 Å². The van der Waals surface area contributed by atoms with Gasteiger partial charge in [-0.25, -0.2) is 0 Å². The number of nitrogens with one attached hydrogen (secondary N) is 1. The molecule has 2 rings (SSSR count). The zero-order valence-electron chi connectivity index (χ0n) is 12.4. The molecular weight excluding hydrogens is 224 g/mol. The predicted octanol–water partition coefficient (Wildman–Crippen LogP) is 1.98. The highest BCUT2D eigenvalue weighted by atomic mass is 16.5. The predicted molar refractivity (Wildman–Crippen MR) is 75.8 cm³/mol. The lowest BCUT2D eigenvalue weighted by atomic mass is 9.80. The van der Waals surface area contributed by atoms with E-state index < -0.39 is 0 Å². The van der Waals surface area contributed by atoms with Gasteiger partial charge in [-0.3, -0.25) is 0 Å². The number of hydrogen-bond donors (Lipinski definition) is 1. The Bertz CT molecular complexity index is 245. The van der Waals surface area contributed by atoms with Crippen LogP contribution in [0.2, 0.25) is 0 Å². The molecule has 0 aromatic rings. The van der Waals surface area contributed by atoms with Crippen LogP contribution < -0.4 is 5.32 Å². The number of likely N-dealkylation sites (tertiary alicyclic amines) is 1. The van der Waals surface area contributed by atoms with Crippen LogP contribution in [0.25, 0.3) is 0 Å². The minimum absolute atomic E-state index is 0.354. The Labute approximate surface area is 112 Å². The van der Waals surface area contributed by atoms with Crippen LogP contribution in [-0.2, 0) is 4.74 Å². The van der Waals surface area contributed by atoms with Crippen molar-refractivity contribution >= 4 is 0 Å². The Morgan fingerprint density at radius 1 is 1.33 bits per heavy atom. The van der Waals surface area contributed by atoms with Crippen LogP contribution in [0, 0.1) is 17.3 Å². The monoisotopic (exact) mass is 254 g/mol. The summed E-state index contributed by atoms with van der Waals surface area (Å²) in [6.45, 7) is 11.5. The Balaban J connectivity index is 1.92. The highest BCUT2D eigenvalue weighted by Gasteiger charge is 2.35. The van der Waals surface area contributed by atoms with Crippen LogP contribution >= 0.6 is 0 Å². The molecule has 106 valence electrons. The highest BCUT2D eigenvalue weighted by Crippen LogP contribution is 2.31. The molecule has 2 aliphatic rings. The average molecular weight is 254 g/mol. The van der Waals surface area contributed by atoms with Gasteiger partial charge < -0.3 is 15.0 Å². The molecule has 3 unspecified atom stereocenters. The Hall–Kier alpha value is -0.120. The van der Waals surface area contributed by atoms with Gasteiger partial charge in [-0.15, -0.1) is 0 Å². The first kappa shape index (κ1) is 14.3. The SMILES string of the molecule is CNCC1(CN2CCC(C)C(C)C2)CCCOC1. The lowest BCUT2D eigenvalue weighted by Crippen LogP contribution is -2.51. The molecule has 0 aromatic carbocycles. The minimum atomic E-state index is 0.354. The van der Waals surface area contributed by atoms with Crippen molar-refractivity contribution in [3.05, 3.63) is 0 Å². The van der Waals surface area contributed by atoms with E-state index in [1.165, 1.54) is 38.9 Å². The summed E-state index contributed by atoms with van der Waals surface area (Å²) in [5, 5.41) is 3.38. The van der Waals surface area contributed by atoms with Gasteiger partial charge in [0.1, 0.15) is 0 Å². The first-order valence-electron chi connectivity index (χ1n) is 7.60. The summed E-state index contributed by atoms with van der Waals surface area (Å²) < 4.78 is 5.76. The molecule has 1 N–H and O–H groups in total. The second-order valence-electron chi connectivity index (χ2n) is 6.66. The van der Waals surface area contributed by atoms with Crippen molar-refractivity contribution in [1.82, 2.24) is 10.2 Å². The summed E-state index contributed by atoms with van der Waals surface area (Å²) >= 11 is 0. The topological polar surface area (TPSA) is 24.5 Å². The maximum atomic E-state index is 5.76. The van der Waals surface area contributed by atoms with Crippen molar-refractivity contribution in [2.45, 2.75) is 33.1 Å². The van der Waals surface area contributed by atoms with Gasteiger partial charge in [0.2, 0.25) is 0 Å². The summed E-state index contributed by atoms with van der Waals surface area (Å²) in [7, 11) is 2.07. The molecule has 0 aromatic heterocycles. The third-order valence-corrected chi connectivity index (χ3v) is 4.93. The normalized spacial score (nSPS) is 38.8. The third kappa shape index (κ3) is 3.46. The molecular formula is C15H30N2O. The van der Waals surface area contributed by atoms with E-state index in [0.29, 0.717) is 5.41 Å². The Morgan fingerprint density at radius 3 is 2.78 bits per heavy atom. The van der Waals surface area contributed by atoms with Gasteiger partial charge in [-0.05, 0) is 44.7 Å². The maximum absolute atomic E-state index is 5.76. The molecule has 0 spiro atoms. The molecule has 0 saturated carbocycles. The molecule has 0 aliphatic carbocycles. The molecule has 2 saturated heterocycles. The van der Waals surface area contributed by atoms with Crippen molar-refractivity contribution in [1.29, 1.82) is 0 Å². The van der Waals surface area contributed by atoms with E-state index >= 15 is 0 Å². The summed E-state index contributed by atoms with van der Waals surface area (Å²) in [6.07, 6.45) is 3.90. The molecule has 2 heterocycles. The highest BCUT2D eigenvalue weighted by molar-refractivity contribution is 4.88. The standard InChI is InChI=1S/C15H30N2O/c1-13-5-7-17(9-14(13)2)11-15(10-16-3)6-4-8-18-12-15/h13-14,16H,4-12H2,1-3H3. The second-order valence-corrected chi connectivity index (χ2v) is 6.66. The van der Waals surface area contributed by atoms with Crippen molar-refractivity contribution < 1.29 is 4.74 Å². The van der Waals surface area contributed by atoms with Crippen molar-refractivity contribution in [2.24, 2.45) is 17.3 Å². The largest absolute Gasteiger partial charge is 0.381 e. The average Bonchev–Trinajstić information content (AvgIpc) is 2.35. The molecule has 3 nitrogen and oxygen atoms in total. The molecule has 0 bridgehead atoms. The van der Waals surface area contributed by atoms with Crippen LogP contribution in [-0.4, -0.2) is 51.3 Å². The fourth-order valence-electron chi connectivity index (χ4n) is 3.57. The zero-order valence-corrected chi connectivity index (χ0v) is 12.4. The van der Waals surface area contributed by atoms with Crippen LogP contribution in [0.5, 0.6) is 0 Å². The van der Waals surface area contributed by atoms with E-state index in [2.05, 4.69) is 31.1 Å². The van der Waals surface area contributed by atoms with Gasteiger partial charge >= 0.3 is 0 Å². The molecule has 2 aliphatic heterocycles. The summed E-state index contributed by atoms with van der Waals surface area (Å²) in [6, 6.07) is 0. The van der Waals surface area contributed by atoms with Gasteiger partial charge in [0.05, 0.1) is 6.61 Å². The number of hydrogen-bond acceptors (Lipinski definition) is 3. The van der Waals surface area contributed by atoms with Gasteiger partial charge in [0, 0.05) is 31.7 Å². The second kappa shape index (κ2) is 6.36. The van der Waals surface area contributed by atoms with Crippen LogP contribution in [0.1, 0.15) is 33.1 Å². The molecule has 3 atom stereocenters. The van der Waals surface area contributed by atoms with E-state index in [4.69, 9.17) is 4.74 Å². The molecule has 2 fully saturated rings. The lowest BCUT2D eigenvalue weighted by molar-refractivity contribution is -0.0336. The fourth-order valence-corrected chi connectivity index (χ4v) is 3.57. The first-order valence-corrected chi connectivity index (χ1v) is 7.60. The van der Waals surface area contributed by atoms with E-state index in [9.17, 15) is 0 Å². The smallest absolute Gasteiger partial charge is 0.0546 e. The Kier molecular flexibility index (Phi) is 5.05. The lowest BCUT2D eigenvalue weighted by Gasteiger charge is -2.44. The van der Waals surface area contributed by atoms with Crippen molar-refractivity contribution in [2.75, 3.05) is 46.4 Å². The molecule has 3 heteroatoms. The van der Waals surface area contributed by atoms with Crippen molar-refractivity contribution in [3.63, 3.8) is 0 Å². The minimum Gasteiger partial charge on any atom is -0.381 e. The summed E-state index contributed by atoms with van der Waals surface area (Å²) in [5.74, 6) is 1.74. The summed E-state index contributed by atoms with van der Waals surface area (Å²) in [5.41, 5.74) is 0.354. The van der Waals surface area contributed by atoms with Gasteiger partial charge in [-0.1, -0.05) is 13.8 Å². The Morgan fingerprint density at radius 2 is 2.17 bits per heavy atom. The van der Waals surface area contributed by atoms with Gasteiger partial charge in [-0.2, -0.15) is 0 Å². The van der Waals surface area contributed by atoms with E-state index in [-0.39, 0.29) is 0 Å². The first-order chi connectivity index (χ1) is 8.65. The maximum Gasteiger partial charge on any atom is 0.0546 e. The van der Waals surface area contributed by atoms with E-state index in [1.807, 2.05) is 0 Å². The number of rotatable bonds is 4. The quantitative estimate of drug-likeness (QED) is 0.830. The zero-order chi connectivity index (χ0) is 13.0. The molecule has 0 radical (unpaired) electrons. The van der Waals surface area contributed by atoms with Crippen LogP contribution in [0.3, 0.4) is 0 Å². The fraction of sp³-hybridized carbons (Fsp3) is 1.00. The number of nitrogens with zero attached hydrogens (tertiary/aromatic N) is 1. The molecule has 18 heavy (non-hydrogen) atoms. The number of piperidine rings is 1. The van der Waals surface area contributed by atoms with E-state index in [1.54, 1.807) is 0 Å². The molecule has 0 amide bonds. The summed E-state index contributed by atoms with van der Waals surface area (Å²) in [4.78, 5) is 2.68.